The molecule has 0 bridgehead atoms. The Hall–Kier alpha value is -0.220. The predicted octanol–water partition coefficient (Wildman–Crippen LogP) is 2.53. The van der Waals surface area contributed by atoms with E-state index in [1.165, 1.54) is 0 Å². The van der Waals surface area contributed by atoms with Crippen LogP contribution in [-0.2, 0) is 0 Å². The quantitative estimate of drug-likeness (QED) is 0.766. The molecule has 10 heavy (non-hydrogen) atoms. The predicted molar refractivity (Wildman–Crippen MR) is 45.1 cm³/mol. The molecule has 0 spiro atoms. The molecular formula is C6H7BrO2S. The molecule has 0 aromatic carbocycles. The van der Waals surface area contributed by atoms with Crippen molar-refractivity contribution in [3.05, 3.63) is 9.17 Å². The molecule has 0 unspecified atom stereocenters. The molecular weight excluding hydrogens is 216 g/mol. The number of halogens is 1. The molecule has 0 N–H and O–H groups in total. The van der Waals surface area contributed by atoms with Crippen LogP contribution in [0.3, 0.4) is 0 Å². The zero-order chi connectivity index (χ0) is 7.56. The first kappa shape index (κ1) is 7.88. The maximum Gasteiger partial charge on any atom is 0.185 e. The van der Waals surface area contributed by atoms with Gasteiger partial charge in [-0.15, -0.1) is 11.3 Å². The van der Waals surface area contributed by atoms with E-state index in [0.29, 0.717) is 0 Å². The summed E-state index contributed by atoms with van der Waals surface area (Å²) in [6, 6.07) is 0. The molecule has 0 saturated carbocycles. The number of thiophene rings is 1. The molecule has 4 heteroatoms. The van der Waals surface area contributed by atoms with Crippen molar-refractivity contribution < 1.29 is 9.47 Å². The zero-order valence-corrected chi connectivity index (χ0v) is 8.08. The topological polar surface area (TPSA) is 18.5 Å². The summed E-state index contributed by atoms with van der Waals surface area (Å²) in [4.78, 5) is 0. The molecule has 1 heterocycles. The number of ether oxygens (including phenoxy) is 2. The van der Waals surface area contributed by atoms with E-state index in [0.717, 1.165) is 15.3 Å². The van der Waals surface area contributed by atoms with Crippen LogP contribution in [0.15, 0.2) is 9.17 Å². The van der Waals surface area contributed by atoms with Crippen LogP contribution in [-0.4, -0.2) is 14.2 Å². The fraction of sp³-hybridized carbons (Fsp3) is 0.333. The average molecular weight is 223 g/mol. The molecule has 1 aromatic rings. The smallest absolute Gasteiger partial charge is 0.185 e. The van der Waals surface area contributed by atoms with Gasteiger partial charge in [-0.2, -0.15) is 0 Å². The third-order valence-corrected chi connectivity index (χ3v) is 2.74. The summed E-state index contributed by atoms with van der Waals surface area (Å²) in [6.45, 7) is 0. The van der Waals surface area contributed by atoms with Crippen molar-refractivity contribution in [1.29, 1.82) is 0 Å². The highest BCUT2D eigenvalue weighted by molar-refractivity contribution is 9.11. The first-order chi connectivity index (χ1) is 4.79. The molecule has 56 valence electrons. The average Bonchev–Trinajstić information content (AvgIpc) is 2.30. The lowest BCUT2D eigenvalue weighted by molar-refractivity contribution is 0.356. The van der Waals surface area contributed by atoms with Gasteiger partial charge in [0, 0.05) is 5.38 Å². The molecule has 0 atom stereocenters. The van der Waals surface area contributed by atoms with E-state index < -0.39 is 0 Å². The highest BCUT2D eigenvalue weighted by atomic mass is 79.9. The third-order valence-electron chi connectivity index (χ3n) is 1.10. The summed E-state index contributed by atoms with van der Waals surface area (Å²) >= 11 is 4.88. The van der Waals surface area contributed by atoms with E-state index in [1.54, 1.807) is 25.6 Å². The SMILES string of the molecule is COc1csc(Br)c1OC. The van der Waals surface area contributed by atoms with E-state index in [4.69, 9.17) is 9.47 Å². The summed E-state index contributed by atoms with van der Waals surface area (Å²) in [6.07, 6.45) is 0. The van der Waals surface area contributed by atoms with E-state index in [1.807, 2.05) is 5.38 Å². The second-order valence-electron chi connectivity index (χ2n) is 1.61. The van der Waals surface area contributed by atoms with Gasteiger partial charge in [0.05, 0.1) is 14.2 Å². The highest BCUT2D eigenvalue weighted by Gasteiger charge is 2.08. The fourth-order valence-electron chi connectivity index (χ4n) is 0.631. The van der Waals surface area contributed by atoms with Gasteiger partial charge >= 0.3 is 0 Å². The Morgan fingerprint density at radius 2 is 2.10 bits per heavy atom. The first-order valence-electron chi connectivity index (χ1n) is 2.64. The highest BCUT2D eigenvalue weighted by Crippen LogP contribution is 2.40. The van der Waals surface area contributed by atoms with Crippen LogP contribution in [0.1, 0.15) is 0 Å². The second-order valence-corrected chi connectivity index (χ2v) is 3.81. The van der Waals surface area contributed by atoms with Crippen LogP contribution in [0.2, 0.25) is 0 Å². The van der Waals surface area contributed by atoms with Crippen LogP contribution >= 0.6 is 27.3 Å². The van der Waals surface area contributed by atoms with Crippen molar-refractivity contribution in [1.82, 2.24) is 0 Å². The molecule has 0 fully saturated rings. The van der Waals surface area contributed by atoms with Crippen molar-refractivity contribution in [2.75, 3.05) is 14.2 Å². The van der Waals surface area contributed by atoms with Crippen LogP contribution in [0.25, 0.3) is 0 Å². The van der Waals surface area contributed by atoms with E-state index in [9.17, 15) is 0 Å². The maximum absolute atomic E-state index is 5.05. The van der Waals surface area contributed by atoms with Gasteiger partial charge in [-0.25, -0.2) is 0 Å². The largest absolute Gasteiger partial charge is 0.492 e. The van der Waals surface area contributed by atoms with E-state index in [2.05, 4.69) is 15.9 Å². The maximum atomic E-state index is 5.05. The minimum Gasteiger partial charge on any atom is -0.492 e. The minimum absolute atomic E-state index is 0.771. The Balaban J connectivity index is 3.01. The van der Waals surface area contributed by atoms with Gasteiger partial charge in [-0.1, -0.05) is 0 Å². The molecule has 2 nitrogen and oxygen atoms in total. The summed E-state index contributed by atoms with van der Waals surface area (Å²) in [5, 5.41) is 1.89. The first-order valence-corrected chi connectivity index (χ1v) is 4.31. The lowest BCUT2D eigenvalue weighted by Gasteiger charge is -1.99. The normalized spacial score (nSPS) is 9.50. The molecule has 0 radical (unpaired) electrons. The van der Waals surface area contributed by atoms with Gasteiger partial charge in [0.2, 0.25) is 0 Å². The number of hydrogen-bond acceptors (Lipinski definition) is 3. The third kappa shape index (κ3) is 1.27. The van der Waals surface area contributed by atoms with Gasteiger partial charge in [0.15, 0.2) is 11.5 Å². The lowest BCUT2D eigenvalue weighted by Crippen LogP contribution is -1.85. The zero-order valence-electron chi connectivity index (χ0n) is 5.68. The second kappa shape index (κ2) is 3.25. The van der Waals surface area contributed by atoms with Crippen molar-refractivity contribution >= 4 is 27.3 Å². The Labute approximate surface area is 71.9 Å². The Kier molecular flexibility index (Phi) is 2.56. The van der Waals surface area contributed by atoms with Crippen molar-refractivity contribution in [3.63, 3.8) is 0 Å². The fourth-order valence-corrected chi connectivity index (χ4v) is 1.97. The number of hydrogen-bond donors (Lipinski definition) is 0. The summed E-state index contributed by atoms with van der Waals surface area (Å²) in [5.41, 5.74) is 0. The molecule has 0 amide bonds. The van der Waals surface area contributed by atoms with E-state index >= 15 is 0 Å². The van der Waals surface area contributed by atoms with Crippen molar-refractivity contribution in [2.45, 2.75) is 0 Å². The lowest BCUT2D eigenvalue weighted by atomic mass is 10.5. The van der Waals surface area contributed by atoms with Crippen LogP contribution in [0.4, 0.5) is 0 Å². The van der Waals surface area contributed by atoms with Gasteiger partial charge in [0.1, 0.15) is 3.79 Å². The molecule has 0 aliphatic rings. The Bertz CT molecular complexity index is 222. The molecule has 0 aliphatic heterocycles. The molecule has 1 rings (SSSR count). The van der Waals surface area contributed by atoms with Gasteiger partial charge in [-0.3, -0.25) is 0 Å². The number of rotatable bonds is 2. The minimum atomic E-state index is 0.771. The monoisotopic (exact) mass is 222 g/mol. The van der Waals surface area contributed by atoms with Gasteiger partial charge < -0.3 is 9.47 Å². The Morgan fingerprint density at radius 1 is 1.40 bits per heavy atom. The summed E-state index contributed by atoms with van der Waals surface area (Å²) in [5.74, 6) is 1.55. The number of methoxy groups -OCH3 is 2. The van der Waals surface area contributed by atoms with Crippen LogP contribution in [0.5, 0.6) is 11.5 Å². The van der Waals surface area contributed by atoms with Crippen LogP contribution < -0.4 is 9.47 Å². The molecule has 0 aliphatic carbocycles. The Morgan fingerprint density at radius 3 is 2.50 bits per heavy atom. The van der Waals surface area contributed by atoms with Crippen molar-refractivity contribution in [2.24, 2.45) is 0 Å². The van der Waals surface area contributed by atoms with Crippen molar-refractivity contribution in [3.8, 4) is 11.5 Å². The standard InChI is InChI=1S/C6H7BrO2S/c1-8-4-3-10-6(7)5(4)9-2/h3H,1-2H3. The molecule has 0 saturated heterocycles. The van der Waals surface area contributed by atoms with Gasteiger partial charge in [-0.05, 0) is 15.9 Å². The molecule has 1 aromatic heterocycles. The summed E-state index contributed by atoms with van der Waals surface area (Å²) < 4.78 is 11.0. The van der Waals surface area contributed by atoms with Crippen LogP contribution in [0, 0.1) is 0 Å². The summed E-state index contributed by atoms with van der Waals surface area (Å²) in [7, 11) is 3.24. The van der Waals surface area contributed by atoms with E-state index in [-0.39, 0.29) is 0 Å². The van der Waals surface area contributed by atoms with Gasteiger partial charge in [0.25, 0.3) is 0 Å².